The fourth-order valence-corrected chi connectivity index (χ4v) is 5.90. The van der Waals surface area contributed by atoms with Crippen LogP contribution in [0.15, 0.2) is 59.3 Å². The second kappa shape index (κ2) is 13.3. The summed E-state index contributed by atoms with van der Waals surface area (Å²) >= 11 is 0. The lowest BCUT2D eigenvalue weighted by atomic mass is 10.0. The first-order valence-electron chi connectivity index (χ1n) is 15.7. The Hall–Kier alpha value is -4.27. The summed E-state index contributed by atoms with van der Waals surface area (Å²) in [6, 6.07) is 10.1. The van der Waals surface area contributed by atoms with E-state index in [1.165, 1.54) is 46.4 Å². The molecule has 2 atom stereocenters. The Morgan fingerprint density at radius 1 is 1.06 bits per heavy atom. The Balaban J connectivity index is 1.26. The minimum atomic E-state index is -1.97. The van der Waals surface area contributed by atoms with Crippen LogP contribution in [-0.2, 0) is 18.7 Å². The van der Waals surface area contributed by atoms with Gasteiger partial charge < -0.3 is 18.4 Å². The van der Waals surface area contributed by atoms with Crippen LogP contribution >= 0.6 is 0 Å². The normalized spacial score (nSPS) is 18.4. The van der Waals surface area contributed by atoms with E-state index < -0.39 is 43.8 Å². The smallest absolute Gasteiger partial charge is 0.416 e. The van der Waals surface area contributed by atoms with Gasteiger partial charge in [0.2, 0.25) is 0 Å². The molecule has 2 amide bonds. The largest absolute Gasteiger partial charge is 0.443 e. The second-order valence-corrected chi connectivity index (χ2v) is 19.1. The molecule has 2 aliphatic heterocycles. The average Bonchev–Trinajstić information content (AvgIpc) is 3.75. The third-order valence-electron chi connectivity index (χ3n) is 8.50. The molecule has 1 N–H and O–H groups in total. The standard InChI is InChI=1S/C34H42F2N4O7Si/c1-33(2,3)46-32(42)40(30-13-14-43-38-30)19-24-18-39(31(41)45-24)22-10-12-26(28(36)16-22)25-11-9-21(15-27(25)35)29-17-23(47-37-29)20-44-48(7,8)34(4,5)6/h9-17,23-24,37H,18-20H2,1-8H3/t23?,24-/m1/s1. The lowest BCUT2D eigenvalue weighted by molar-refractivity contribution is 0.0203. The molecule has 2 aliphatic rings. The maximum Gasteiger partial charge on any atom is 0.416 e. The van der Waals surface area contributed by atoms with Gasteiger partial charge in [-0.3, -0.25) is 20.1 Å². The fourth-order valence-electron chi connectivity index (χ4n) is 4.88. The molecule has 48 heavy (non-hydrogen) atoms. The Bertz CT molecular complexity index is 1690. The number of hydroxylamine groups is 1. The lowest BCUT2D eigenvalue weighted by Gasteiger charge is -2.36. The van der Waals surface area contributed by atoms with Crippen molar-refractivity contribution in [3.8, 4) is 11.1 Å². The van der Waals surface area contributed by atoms with E-state index in [0.717, 1.165) is 6.07 Å². The molecule has 1 saturated heterocycles. The molecule has 3 heterocycles. The molecule has 11 nitrogen and oxygen atoms in total. The van der Waals surface area contributed by atoms with E-state index in [2.05, 4.69) is 44.5 Å². The number of halogens is 2. The number of nitrogens with one attached hydrogen (secondary N) is 1. The minimum Gasteiger partial charge on any atom is -0.443 e. The molecule has 1 aromatic heterocycles. The maximum atomic E-state index is 15.5. The molecule has 0 saturated carbocycles. The van der Waals surface area contributed by atoms with Gasteiger partial charge in [-0.15, -0.1) is 0 Å². The van der Waals surface area contributed by atoms with Gasteiger partial charge in [-0.1, -0.05) is 38.1 Å². The van der Waals surface area contributed by atoms with Crippen molar-refractivity contribution in [1.82, 2.24) is 10.6 Å². The van der Waals surface area contributed by atoms with Crippen LogP contribution in [0, 0.1) is 11.6 Å². The third kappa shape index (κ3) is 7.88. The molecule has 0 radical (unpaired) electrons. The van der Waals surface area contributed by atoms with Gasteiger partial charge in [-0.25, -0.2) is 18.4 Å². The highest BCUT2D eigenvalue weighted by Gasteiger charge is 2.39. The number of aromatic nitrogens is 1. The van der Waals surface area contributed by atoms with Crippen LogP contribution in [0.2, 0.25) is 18.1 Å². The van der Waals surface area contributed by atoms with Gasteiger partial charge >= 0.3 is 12.2 Å². The van der Waals surface area contributed by atoms with E-state index in [1.807, 2.05) is 6.08 Å². The van der Waals surface area contributed by atoms with Crippen molar-refractivity contribution in [2.24, 2.45) is 0 Å². The minimum absolute atomic E-state index is 0.0178. The van der Waals surface area contributed by atoms with Gasteiger partial charge in [0.1, 0.15) is 35.7 Å². The van der Waals surface area contributed by atoms with Crippen molar-refractivity contribution < 1.29 is 41.6 Å². The van der Waals surface area contributed by atoms with Crippen LogP contribution in [-0.4, -0.2) is 63.2 Å². The first kappa shape index (κ1) is 35.0. The van der Waals surface area contributed by atoms with Gasteiger partial charge in [0.25, 0.3) is 0 Å². The Morgan fingerprint density at radius 2 is 1.75 bits per heavy atom. The first-order chi connectivity index (χ1) is 22.4. The summed E-state index contributed by atoms with van der Waals surface area (Å²) in [6.45, 7) is 16.3. The van der Waals surface area contributed by atoms with E-state index >= 15 is 8.78 Å². The molecule has 1 unspecified atom stereocenters. The summed E-state index contributed by atoms with van der Waals surface area (Å²) in [7, 11) is -1.97. The quantitative estimate of drug-likeness (QED) is 0.227. The highest BCUT2D eigenvalue weighted by Crippen LogP contribution is 2.37. The summed E-state index contributed by atoms with van der Waals surface area (Å²) in [5.74, 6) is -1.17. The summed E-state index contributed by atoms with van der Waals surface area (Å²) < 4.78 is 53.0. The lowest BCUT2D eigenvalue weighted by Crippen LogP contribution is -2.42. The Morgan fingerprint density at radius 3 is 2.35 bits per heavy atom. The van der Waals surface area contributed by atoms with Gasteiger partial charge in [0.05, 0.1) is 31.1 Å². The molecule has 2 aromatic carbocycles. The Kier molecular flexibility index (Phi) is 9.73. The van der Waals surface area contributed by atoms with Crippen molar-refractivity contribution in [3.63, 3.8) is 0 Å². The molecular weight excluding hydrogens is 642 g/mol. The number of benzene rings is 2. The number of cyclic esters (lactones) is 1. The highest BCUT2D eigenvalue weighted by molar-refractivity contribution is 6.74. The molecular formula is C34H42F2N4O7Si. The molecule has 3 aromatic rings. The van der Waals surface area contributed by atoms with Gasteiger partial charge in [0.15, 0.2) is 14.1 Å². The molecule has 1 fully saturated rings. The number of ether oxygens (including phenoxy) is 2. The molecule has 0 spiro atoms. The number of hydrogen-bond acceptors (Lipinski definition) is 9. The van der Waals surface area contributed by atoms with Gasteiger partial charge in [-0.05, 0) is 69.2 Å². The second-order valence-electron chi connectivity index (χ2n) is 14.3. The maximum absolute atomic E-state index is 15.5. The number of carbonyl (C=O) groups excluding carboxylic acids is 2. The van der Waals surface area contributed by atoms with E-state index in [9.17, 15) is 9.59 Å². The van der Waals surface area contributed by atoms with Crippen LogP contribution in [0.4, 0.5) is 29.9 Å². The van der Waals surface area contributed by atoms with Crippen molar-refractivity contribution in [1.29, 1.82) is 0 Å². The number of rotatable bonds is 9. The van der Waals surface area contributed by atoms with E-state index in [1.54, 1.807) is 26.8 Å². The number of amides is 2. The third-order valence-corrected chi connectivity index (χ3v) is 13.0. The van der Waals surface area contributed by atoms with Gasteiger partial charge in [-0.2, -0.15) is 0 Å². The average molecular weight is 685 g/mol. The topological polar surface area (TPSA) is 116 Å². The Labute approximate surface area is 279 Å². The number of nitrogens with zero attached hydrogens (tertiary/aromatic N) is 3. The predicted molar refractivity (Wildman–Crippen MR) is 179 cm³/mol. The zero-order valence-electron chi connectivity index (χ0n) is 28.4. The van der Waals surface area contributed by atoms with Crippen molar-refractivity contribution in [3.05, 3.63) is 72.0 Å². The van der Waals surface area contributed by atoms with Crippen LogP contribution in [0.25, 0.3) is 16.8 Å². The number of carbonyl (C=O) groups is 2. The molecule has 14 heteroatoms. The zero-order valence-corrected chi connectivity index (χ0v) is 29.4. The van der Waals surface area contributed by atoms with E-state index in [4.69, 9.17) is 23.3 Å². The van der Waals surface area contributed by atoms with Crippen LogP contribution in [0.1, 0.15) is 47.1 Å². The molecule has 258 valence electrons. The first-order valence-corrected chi connectivity index (χ1v) is 18.6. The molecule has 5 rings (SSSR count). The van der Waals surface area contributed by atoms with E-state index in [-0.39, 0.29) is 46.9 Å². The van der Waals surface area contributed by atoms with E-state index in [0.29, 0.717) is 17.9 Å². The SMILES string of the molecule is CC(C)(C)OC(=O)N(C[C@H]1CN(c2ccc(-c3ccc(C4=CC(CO[Si](C)(C)C(C)(C)C)ON4)cc3F)c(F)c2)C(=O)O1)c1ccon1. The zero-order chi connectivity index (χ0) is 35.0. The summed E-state index contributed by atoms with van der Waals surface area (Å²) in [6.07, 6.45) is 0.617. The summed E-state index contributed by atoms with van der Waals surface area (Å²) in [4.78, 5) is 33.8. The van der Waals surface area contributed by atoms with Crippen LogP contribution in [0.5, 0.6) is 0 Å². The van der Waals surface area contributed by atoms with Crippen molar-refractivity contribution in [2.75, 3.05) is 29.5 Å². The van der Waals surface area contributed by atoms with Crippen molar-refractivity contribution >= 4 is 37.7 Å². The van der Waals surface area contributed by atoms with Crippen LogP contribution in [0.3, 0.4) is 0 Å². The monoisotopic (exact) mass is 684 g/mol. The van der Waals surface area contributed by atoms with Gasteiger partial charge in [0, 0.05) is 22.8 Å². The van der Waals surface area contributed by atoms with Crippen LogP contribution < -0.4 is 15.3 Å². The highest BCUT2D eigenvalue weighted by atomic mass is 28.4. The summed E-state index contributed by atoms with van der Waals surface area (Å²) in [5, 5.41) is 3.87. The fraction of sp³-hybridized carbons (Fsp3) is 0.441. The molecule has 0 bridgehead atoms. The molecule has 0 aliphatic carbocycles. The predicted octanol–water partition coefficient (Wildman–Crippen LogP) is 7.65. The summed E-state index contributed by atoms with van der Waals surface area (Å²) in [5.41, 5.74) is 3.51. The number of anilines is 2. The van der Waals surface area contributed by atoms with Crippen molar-refractivity contribution in [2.45, 2.75) is 77.5 Å². The number of hydrogen-bond donors (Lipinski definition) is 1.